The van der Waals surface area contributed by atoms with Crippen molar-refractivity contribution in [2.75, 3.05) is 5.32 Å². The number of alkyl halides is 3. The Morgan fingerprint density at radius 2 is 1.92 bits per heavy atom. The lowest BCUT2D eigenvalue weighted by Crippen LogP contribution is -2.36. The average Bonchev–Trinajstić information content (AvgIpc) is 2.57. The molecule has 0 unspecified atom stereocenters. The standard InChI is InChI=1S/C17H18F3N3O/c18-17(19,20)15-10-14(5-9-22-15)23-13-3-6-16(24,7-4-13)12-2-1-8-21-11-12/h1-2,5,8-11,13,24H,3-4,6-7H2,(H,22,23). The van der Waals surface area contributed by atoms with Crippen LogP contribution in [0.1, 0.15) is 36.9 Å². The lowest BCUT2D eigenvalue weighted by molar-refractivity contribution is -0.141. The highest BCUT2D eigenvalue weighted by Gasteiger charge is 2.35. The van der Waals surface area contributed by atoms with Gasteiger partial charge in [0.25, 0.3) is 0 Å². The third-order valence-electron chi connectivity index (χ3n) is 4.43. The Kier molecular flexibility index (Phi) is 4.45. The molecule has 4 nitrogen and oxygen atoms in total. The predicted octanol–water partition coefficient (Wildman–Crippen LogP) is 3.74. The van der Waals surface area contributed by atoms with Gasteiger partial charge in [0.2, 0.25) is 0 Å². The van der Waals surface area contributed by atoms with Gasteiger partial charge < -0.3 is 10.4 Å². The number of anilines is 1. The molecule has 0 bridgehead atoms. The van der Waals surface area contributed by atoms with Crippen LogP contribution in [0.5, 0.6) is 0 Å². The molecule has 128 valence electrons. The maximum absolute atomic E-state index is 12.7. The van der Waals surface area contributed by atoms with Crippen molar-refractivity contribution in [3.05, 3.63) is 54.1 Å². The molecule has 2 heterocycles. The van der Waals surface area contributed by atoms with Crippen LogP contribution in [0.2, 0.25) is 0 Å². The molecule has 1 saturated carbocycles. The molecule has 2 aromatic rings. The van der Waals surface area contributed by atoms with Crippen molar-refractivity contribution in [2.24, 2.45) is 0 Å². The summed E-state index contributed by atoms with van der Waals surface area (Å²) in [5.74, 6) is 0. The Balaban J connectivity index is 1.64. The third kappa shape index (κ3) is 3.67. The molecule has 3 rings (SSSR count). The number of aliphatic hydroxyl groups is 1. The number of halogens is 3. The van der Waals surface area contributed by atoms with Crippen LogP contribution in [0.25, 0.3) is 0 Å². The summed E-state index contributed by atoms with van der Waals surface area (Å²) in [6, 6.07) is 6.19. The normalized spacial score (nSPS) is 24.6. The van der Waals surface area contributed by atoms with E-state index in [0.717, 1.165) is 17.8 Å². The summed E-state index contributed by atoms with van der Waals surface area (Å²) in [6.07, 6.45) is 2.41. The third-order valence-corrected chi connectivity index (χ3v) is 4.43. The second-order valence-electron chi connectivity index (χ2n) is 6.12. The minimum absolute atomic E-state index is 0.0189. The molecule has 1 aliphatic carbocycles. The van der Waals surface area contributed by atoms with Crippen molar-refractivity contribution in [2.45, 2.75) is 43.5 Å². The molecule has 0 atom stereocenters. The molecule has 0 aliphatic heterocycles. The van der Waals surface area contributed by atoms with E-state index in [0.29, 0.717) is 31.4 Å². The average molecular weight is 337 g/mol. The maximum atomic E-state index is 12.7. The van der Waals surface area contributed by atoms with E-state index >= 15 is 0 Å². The van der Waals surface area contributed by atoms with Crippen molar-refractivity contribution in [1.29, 1.82) is 0 Å². The van der Waals surface area contributed by atoms with Crippen molar-refractivity contribution in [1.82, 2.24) is 9.97 Å². The number of hydrogen-bond donors (Lipinski definition) is 2. The molecular weight excluding hydrogens is 319 g/mol. The molecule has 0 radical (unpaired) electrons. The molecule has 2 N–H and O–H groups in total. The first-order valence-corrected chi connectivity index (χ1v) is 7.79. The van der Waals surface area contributed by atoms with E-state index in [4.69, 9.17) is 0 Å². The van der Waals surface area contributed by atoms with Crippen LogP contribution in [-0.2, 0) is 11.8 Å². The van der Waals surface area contributed by atoms with E-state index in [1.165, 1.54) is 6.07 Å². The van der Waals surface area contributed by atoms with Crippen molar-refractivity contribution in [3.63, 3.8) is 0 Å². The highest BCUT2D eigenvalue weighted by molar-refractivity contribution is 5.45. The lowest BCUT2D eigenvalue weighted by Gasteiger charge is -2.36. The van der Waals surface area contributed by atoms with Gasteiger partial charge in [0.05, 0.1) is 5.60 Å². The van der Waals surface area contributed by atoms with E-state index in [1.807, 2.05) is 6.07 Å². The van der Waals surface area contributed by atoms with Gasteiger partial charge in [0, 0.05) is 35.9 Å². The second kappa shape index (κ2) is 6.39. The van der Waals surface area contributed by atoms with Crippen LogP contribution in [0.3, 0.4) is 0 Å². The van der Waals surface area contributed by atoms with Crippen LogP contribution >= 0.6 is 0 Å². The molecule has 0 saturated heterocycles. The van der Waals surface area contributed by atoms with E-state index in [-0.39, 0.29) is 6.04 Å². The summed E-state index contributed by atoms with van der Waals surface area (Å²) in [5.41, 5.74) is -0.641. The molecule has 0 spiro atoms. The highest BCUT2D eigenvalue weighted by Crippen LogP contribution is 2.38. The molecular formula is C17H18F3N3O. The minimum atomic E-state index is -4.45. The first kappa shape index (κ1) is 16.7. The Morgan fingerprint density at radius 3 is 2.54 bits per heavy atom. The summed E-state index contributed by atoms with van der Waals surface area (Å²) in [5, 5.41) is 13.9. The number of aromatic nitrogens is 2. The van der Waals surface area contributed by atoms with Crippen LogP contribution in [0.15, 0.2) is 42.9 Å². The first-order chi connectivity index (χ1) is 11.4. The van der Waals surface area contributed by atoms with Crippen LogP contribution in [-0.4, -0.2) is 21.1 Å². The smallest absolute Gasteiger partial charge is 0.385 e. The Labute approximate surface area is 137 Å². The second-order valence-corrected chi connectivity index (χ2v) is 6.12. The SMILES string of the molecule is OC1(c2cccnc2)CCC(Nc2ccnc(C(F)(F)F)c2)CC1. The summed E-state index contributed by atoms with van der Waals surface area (Å²) >= 11 is 0. The maximum Gasteiger partial charge on any atom is 0.433 e. The molecule has 1 fully saturated rings. The Bertz CT molecular complexity index is 683. The fourth-order valence-electron chi connectivity index (χ4n) is 3.08. The number of nitrogens with zero attached hydrogens (tertiary/aromatic N) is 2. The van der Waals surface area contributed by atoms with E-state index in [9.17, 15) is 18.3 Å². The van der Waals surface area contributed by atoms with Gasteiger partial charge in [-0.25, -0.2) is 0 Å². The van der Waals surface area contributed by atoms with Gasteiger partial charge in [-0.2, -0.15) is 13.2 Å². The van der Waals surface area contributed by atoms with Gasteiger partial charge >= 0.3 is 6.18 Å². The Hall–Kier alpha value is -2.15. The van der Waals surface area contributed by atoms with Gasteiger partial charge in [-0.05, 0) is 43.9 Å². The van der Waals surface area contributed by atoms with E-state index < -0.39 is 17.5 Å². The quantitative estimate of drug-likeness (QED) is 0.896. The summed E-state index contributed by atoms with van der Waals surface area (Å²) in [6.45, 7) is 0. The number of hydrogen-bond acceptors (Lipinski definition) is 4. The molecule has 1 aliphatic rings. The summed E-state index contributed by atoms with van der Waals surface area (Å²) in [7, 11) is 0. The van der Waals surface area contributed by atoms with Crippen LogP contribution in [0.4, 0.5) is 18.9 Å². The Morgan fingerprint density at radius 1 is 1.17 bits per heavy atom. The zero-order valence-corrected chi connectivity index (χ0v) is 12.9. The molecule has 2 aromatic heterocycles. The topological polar surface area (TPSA) is 58.0 Å². The molecule has 24 heavy (non-hydrogen) atoms. The lowest BCUT2D eigenvalue weighted by atomic mass is 9.78. The molecule has 7 heteroatoms. The zero-order chi connectivity index (χ0) is 17.2. The van der Waals surface area contributed by atoms with Crippen LogP contribution in [0, 0.1) is 0 Å². The number of pyridine rings is 2. The van der Waals surface area contributed by atoms with Gasteiger partial charge in [0.15, 0.2) is 0 Å². The fourth-order valence-corrected chi connectivity index (χ4v) is 3.08. The summed E-state index contributed by atoms with van der Waals surface area (Å²) in [4.78, 5) is 7.39. The van der Waals surface area contributed by atoms with Gasteiger partial charge in [0.1, 0.15) is 5.69 Å². The predicted molar refractivity (Wildman–Crippen MR) is 83.3 cm³/mol. The van der Waals surface area contributed by atoms with E-state index in [1.54, 1.807) is 18.5 Å². The van der Waals surface area contributed by atoms with Crippen LogP contribution < -0.4 is 5.32 Å². The fraction of sp³-hybridized carbons (Fsp3) is 0.412. The van der Waals surface area contributed by atoms with Crippen molar-refractivity contribution < 1.29 is 18.3 Å². The van der Waals surface area contributed by atoms with Gasteiger partial charge in [-0.3, -0.25) is 9.97 Å². The van der Waals surface area contributed by atoms with Gasteiger partial charge in [-0.1, -0.05) is 6.07 Å². The van der Waals surface area contributed by atoms with Crippen molar-refractivity contribution >= 4 is 5.69 Å². The minimum Gasteiger partial charge on any atom is -0.385 e. The van der Waals surface area contributed by atoms with Crippen molar-refractivity contribution in [3.8, 4) is 0 Å². The number of nitrogens with one attached hydrogen (secondary N) is 1. The summed E-state index contributed by atoms with van der Waals surface area (Å²) < 4.78 is 38.1. The molecule has 0 amide bonds. The monoisotopic (exact) mass is 337 g/mol. The zero-order valence-electron chi connectivity index (χ0n) is 12.9. The highest BCUT2D eigenvalue weighted by atomic mass is 19.4. The largest absolute Gasteiger partial charge is 0.433 e. The number of rotatable bonds is 3. The first-order valence-electron chi connectivity index (χ1n) is 7.79. The van der Waals surface area contributed by atoms with E-state index in [2.05, 4.69) is 15.3 Å². The molecule has 0 aromatic carbocycles. The van der Waals surface area contributed by atoms with Gasteiger partial charge in [-0.15, -0.1) is 0 Å².